The predicted molar refractivity (Wildman–Crippen MR) is 83.7 cm³/mol. The molecule has 1 unspecified atom stereocenters. The summed E-state index contributed by atoms with van der Waals surface area (Å²) in [6.07, 6.45) is 8.50. The van der Waals surface area contributed by atoms with Gasteiger partial charge in [0.1, 0.15) is 5.75 Å². The van der Waals surface area contributed by atoms with Gasteiger partial charge in [-0.05, 0) is 79.4 Å². The molecule has 5 rings (SSSR count). The molecule has 3 heteroatoms. The van der Waals surface area contributed by atoms with Crippen molar-refractivity contribution in [3.05, 3.63) is 29.8 Å². The van der Waals surface area contributed by atoms with Crippen molar-refractivity contribution in [2.24, 2.45) is 29.0 Å². The van der Waals surface area contributed by atoms with Crippen molar-refractivity contribution in [3.63, 3.8) is 0 Å². The Bertz CT molecular complexity index is 475. The summed E-state index contributed by atoms with van der Waals surface area (Å²) in [6, 6.07) is 8.77. The van der Waals surface area contributed by atoms with Crippen LogP contribution in [0.5, 0.6) is 5.75 Å². The normalized spacial score (nSPS) is 38.5. The van der Waals surface area contributed by atoms with Crippen LogP contribution >= 0.6 is 0 Å². The van der Waals surface area contributed by atoms with Gasteiger partial charge >= 0.3 is 0 Å². The van der Waals surface area contributed by atoms with Crippen molar-refractivity contribution >= 4 is 0 Å². The molecule has 4 aliphatic rings. The van der Waals surface area contributed by atoms with Crippen LogP contribution in [0.15, 0.2) is 24.3 Å². The van der Waals surface area contributed by atoms with Gasteiger partial charge in [0.25, 0.3) is 0 Å². The fourth-order valence-corrected chi connectivity index (χ4v) is 5.95. The Morgan fingerprint density at radius 2 is 1.57 bits per heavy atom. The molecular formula is C18H26N2O. The van der Waals surface area contributed by atoms with Gasteiger partial charge in [-0.25, -0.2) is 0 Å². The maximum absolute atomic E-state index is 6.02. The Kier molecular flexibility index (Phi) is 3.23. The van der Waals surface area contributed by atoms with Crippen molar-refractivity contribution in [2.45, 2.75) is 44.6 Å². The van der Waals surface area contributed by atoms with Gasteiger partial charge in [0.15, 0.2) is 0 Å². The number of nitrogens with two attached hydrogens (primary N) is 1. The van der Waals surface area contributed by atoms with E-state index in [4.69, 9.17) is 10.6 Å². The van der Waals surface area contributed by atoms with Crippen LogP contribution in [-0.2, 0) is 0 Å². The number of hydrogen-bond acceptors (Lipinski definition) is 3. The summed E-state index contributed by atoms with van der Waals surface area (Å²) in [7, 11) is 1.72. The van der Waals surface area contributed by atoms with Gasteiger partial charge in [0, 0.05) is 0 Å². The number of methoxy groups -OCH3 is 1. The first-order chi connectivity index (χ1) is 10.2. The summed E-state index contributed by atoms with van der Waals surface area (Å²) in [5.74, 6) is 9.78. The number of nitrogens with one attached hydrogen (secondary N) is 1. The molecule has 0 saturated heterocycles. The minimum absolute atomic E-state index is 0.289. The Labute approximate surface area is 127 Å². The fraction of sp³-hybridized carbons (Fsp3) is 0.667. The molecule has 4 saturated carbocycles. The average Bonchev–Trinajstić information content (AvgIpc) is 2.47. The van der Waals surface area contributed by atoms with Gasteiger partial charge in [-0.15, -0.1) is 0 Å². The van der Waals surface area contributed by atoms with E-state index in [2.05, 4.69) is 29.7 Å². The molecule has 0 spiro atoms. The largest absolute Gasteiger partial charge is 0.497 e. The Balaban J connectivity index is 1.65. The van der Waals surface area contributed by atoms with E-state index in [-0.39, 0.29) is 6.04 Å². The van der Waals surface area contributed by atoms with E-state index in [0.717, 1.165) is 23.5 Å². The summed E-state index contributed by atoms with van der Waals surface area (Å²) in [5, 5.41) is 0. The molecule has 0 amide bonds. The summed E-state index contributed by atoms with van der Waals surface area (Å²) in [4.78, 5) is 0. The smallest absolute Gasteiger partial charge is 0.118 e. The van der Waals surface area contributed by atoms with Gasteiger partial charge in [0.05, 0.1) is 13.2 Å². The molecule has 0 aliphatic heterocycles. The van der Waals surface area contributed by atoms with Crippen LogP contribution in [0.2, 0.25) is 0 Å². The summed E-state index contributed by atoms with van der Waals surface area (Å²) in [5.41, 5.74) is 4.88. The minimum Gasteiger partial charge on any atom is -0.497 e. The SMILES string of the molecule is COc1ccc(C(NN)C23CC4CC(CC(C4)C2)C3)cc1. The molecule has 4 bridgehead atoms. The molecule has 1 atom stereocenters. The van der Waals surface area contributed by atoms with Crippen molar-refractivity contribution in [3.8, 4) is 5.75 Å². The number of hydrogen-bond donors (Lipinski definition) is 2. The molecule has 3 N–H and O–H groups in total. The van der Waals surface area contributed by atoms with E-state index in [1.165, 1.54) is 44.1 Å². The van der Waals surface area contributed by atoms with E-state index in [9.17, 15) is 0 Å². The quantitative estimate of drug-likeness (QED) is 0.658. The lowest BCUT2D eigenvalue weighted by Crippen LogP contribution is -2.53. The third kappa shape index (κ3) is 2.18. The zero-order chi connectivity index (χ0) is 14.4. The molecule has 4 aliphatic carbocycles. The zero-order valence-corrected chi connectivity index (χ0v) is 12.8. The van der Waals surface area contributed by atoms with Gasteiger partial charge in [-0.2, -0.15) is 0 Å². The van der Waals surface area contributed by atoms with Gasteiger partial charge < -0.3 is 4.74 Å². The van der Waals surface area contributed by atoms with Crippen LogP contribution in [-0.4, -0.2) is 7.11 Å². The van der Waals surface area contributed by atoms with Crippen molar-refractivity contribution in [1.29, 1.82) is 0 Å². The molecule has 1 aromatic carbocycles. The summed E-state index contributed by atoms with van der Waals surface area (Å²) >= 11 is 0. The first kappa shape index (κ1) is 13.6. The molecule has 0 heterocycles. The lowest BCUT2D eigenvalue weighted by molar-refractivity contribution is -0.0749. The highest BCUT2D eigenvalue weighted by molar-refractivity contribution is 5.31. The third-order valence-electron chi connectivity index (χ3n) is 6.31. The highest BCUT2D eigenvalue weighted by atomic mass is 16.5. The molecule has 0 radical (unpaired) electrons. The van der Waals surface area contributed by atoms with Crippen LogP contribution in [0.1, 0.15) is 50.1 Å². The first-order valence-corrected chi connectivity index (χ1v) is 8.32. The highest BCUT2D eigenvalue weighted by Crippen LogP contribution is 2.63. The molecular weight excluding hydrogens is 260 g/mol. The van der Waals surface area contributed by atoms with Crippen LogP contribution in [0.3, 0.4) is 0 Å². The standard InChI is InChI=1S/C18H26N2O/c1-21-16-4-2-15(3-5-16)17(20-19)18-9-12-6-13(10-18)8-14(7-12)11-18/h2-5,12-14,17,20H,6-11,19H2,1H3. The summed E-state index contributed by atoms with van der Waals surface area (Å²) in [6.45, 7) is 0. The second-order valence-corrected chi connectivity index (χ2v) is 7.65. The van der Waals surface area contributed by atoms with E-state index in [1.807, 2.05) is 0 Å². The second kappa shape index (κ2) is 4.99. The van der Waals surface area contributed by atoms with Crippen LogP contribution in [0.4, 0.5) is 0 Å². The van der Waals surface area contributed by atoms with Crippen molar-refractivity contribution in [1.82, 2.24) is 5.43 Å². The lowest BCUT2D eigenvalue weighted by atomic mass is 9.47. The maximum Gasteiger partial charge on any atom is 0.118 e. The van der Waals surface area contributed by atoms with Crippen LogP contribution in [0.25, 0.3) is 0 Å². The molecule has 114 valence electrons. The molecule has 3 nitrogen and oxygen atoms in total. The Hall–Kier alpha value is -1.06. The van der Waals surface area contributed by atoms with Crippen molar-refractivity contribution < 1.29 is 4.74 Å². The highest BCUT2D eigenvalue weighted by Gasteiger charge is 2.54. The third-order valence-corrected chi connectivity index (χ3v) is 6.31. The zero-order valence-electron chi connectivity index (χ0n) is 12.8. The van der Waals surface area contributed by atoms with E-state index >= 15 is 0 Å². The number of hydrazine groups is 1. The van der Waals surface area contributed by atoms with Gasteiger partial charge in [-0.1, -0.05) is 12.1 Å². The monoisotopic (exact) mass is 286 g/mol. The molecule has 1 aromatic rings. The number of rotatable bonds is 4. The lowest BCUT2D eigenvalue weighted by Gasteiger charge is -2.59. The van der Waals surface area contributed by atoms with Gasteiger partial charge in [-0.3, -0.25) is 11.3 Å². The number of benzene rings is 1. The first-order valence-electron chi connectivity index (χ1n) is 8.32. The number of ether oxygens (including phenoxy) is 1. The Morgan fingerprint density at radius 1 is 1.05 bits per heavy atom. The second-order valence-electron chi connectivity index (χ2n) is 7.65. The van der Waals surface area contributed by atoms with Crippen LogP contribution < -0.4 is 16.0 Å². The van der Waals surface area contributed by atoms with E-state index in [1.54, 1.807) is 7.11 Å². The van der Waals surface area contributed by atoms with E-state index in [0.29, 0.717) is 5.41 Å². The van der Waals surface area contributed by atoms with Crippen molar-refractivity contribution in [2.75, 3.05) is 7.11 Å². The molecule has 0 aromatic heterocycles. The van der Waals surface area contributed by atoms with Crippen LogP contribution in [0, 0.1) is 23.2 Å². The predicted octanol–water partition coefficient (Wildman–Crippen LogP) is 3.42. The maximum atomic E-state index is 6.02. The molecule has 21 heavy (non-hydrogen) atoms. The minimum atomic E-state index is 0.289. The summed E-state index contributed by atoms with van der Waals surface area (Å²) < 4.78 is 5.28. The Morgan fingerprint density at radius 3 is 2.00 bits per heavy atom. The molecule has 4 fully saturated rings. The average molecular weight is 286 g/mol. The fourth-order valence-electron chi connectivity index (χ4n) is 5.95. The van der Waals surface area contributed by atoms with E-state index < -0.39 is 0 Å². The topological polar surface area (TPSA) is 47.3 Å². The van der Waals surface area contributed by atoms with Gasteiger partial charge in [0.2, 0.25) is 0 Å².